The van der Waals surface area contributed by atoms with Crippen molar-refractivity contribution in [1.82, 2.24) is 0 Å². The summed E-state index contributed by atoms with van der Waals surface area (Å²) in [7, 11) is 1.33. The summed E-state index contributed by atoms with van der Waals surface area (Å²) in [6, 6.07) is 14.2. The van der Waals surface area contributed by atoms with Crippen LogP contribution in [-0.4, -0.2) is 25.7 Å². The minimum Gasteiger partial charge on any atom is -0.465 e. The summed E-state index contributed by atoms with van der Waals surface area (Å²) >= 11 is 0. The zero-order chi connectivity index (χ0) is 35.9. The van der Waals surface area contributed by atoms with Gasteiger partial charge in [0.25, 0.3) is 0 Å². The molecule has 2 aromatic rings. The topological polar surface area (TPSA) is 52.6 Å². The standard InChI is InChI=1S/C45H57FO4/c1-28(2)31-18-23-45(27-50-40(48)29-12-10-9-11-13-29)25-24-43(6)34(38(31)45)16-17-37-42(5)21-19-33(41(3,4)36(42)20-22-44(37,43)7)32-15-14-30(26-35(32)46)39(47)49-8/h9-15,19,26,31,34,36-38H,1,16-18,20-25,27H2,2-8H3/t31?,34-,36?,37?,38?,42+,43-,44-,45-/m1/s1. The maximum atomic E-state index is 15.7. The molecule has 0 saturated heterocycles. The van der Waals surface area contributed by atoms with Crippen LogP contribution in [0.5, 0.6) is 0 Å². The molecule has 0 N–H and O–H groups in total. The van der Waals surface area contributed by atoms with Crippen molar-refractivity contribution in [3.8, 4) is 0 Å². The first-order valence-electron chi connectivity index (χ1n) is 19.1. The molecule has 4 unspecified atom stereocenters. The molecule has 4 nitrogen and oxygen atoms in total. The van der Waals surface area contributed by atoms with Gasteiger partial charge in [-0.2, -0.15) is 0 Å². The smallest absolute Gasteiger partial charge is 0.338 e. The van der Waals surface area contributed by atoms with Crippen LogP contribution in [0.25, 0.3) is 5.57 Å². The van der Waals surface area contributed by atoms with Crippen molar-refractivity contribution in [2.75, 3.05) is 13.7 Å². The Morgan fingerprint density at radius 1 is 0.840 bits per heavy atom. The van der Waals surface area contributed by atoms with Crippen molar-refractivity contribution in [3.63, 3.8) is 0 Å². The molecule has 4 saturated carbocycles. The maximum absolute atomic E-state index is 15.7. The molecule has 4 fully saturated rings. The minimum atomic E-state index is -0.518. The van der Waals surface area contributed by atoms with E-state index in [0.29, 0.717) is 47.3 Å². The quantitative estimate of drug-likeness (QED) is 0.225. The van der Waals surface area contributed by atoms with Crippen molar-refractivity contribution < 1.29 is 23.5 Å². The van der Waals surface area contributed by atoms with Crippen molar-refractivity contribution in [1.29, 1.82) is 0 Å². The number of fused-ring (bicyclic) bond motifs is 7. The Morgan fingerprint density at radius 3 is 2.26 bits per heavy atom. The number of hydrogen-bond donors (Lipinski definition) is 0. The summed E-state index contributed by atoms with van der Waals surface area (Å²) in [5, 5.41) is 0. The van der Waals surface area contributed by atoms with Crippen LogP contribution in [0.1, 0.15) is 126 Å². The average molecular weight is 681 g/mol. The van der Waals surface area contributed by atoms with Crippen LogP contribution >= 0.6 is 0 Å². The highest BCUT2D eigenvalue weighted by Crippen LogP contribution is 2.77. The predicted molar refractivity (Wildman–Crippen MR) is 197 cm³/mol. The third kappa shape index (κ3) is 5.02. The third-order valence-electron chi connectivity index (χ3n) is 16.0. The molecule has 50 heavy (non-hydrogen) atoms. The molecule has 0 heterocycles. The molecule has 0 aromatic heterocycles. The lowest BCUT2D eigenvalue weighted by atomic mass is 9.32. The summed E-state index contributed by atoms with van der Waals surface area (Å²) in [4.78, 5) is 25.3. The first-order valence-corrected chi connectivity index (χ1v) is 19.1. The van der Waals surface area contributed by atoms with Crippen molar-refractivity contribution in [2.24, 2.45) is 56.7 Å². The molecule has 9 atom stereocenters. The van der Waals surface area contributed by atoms with Gasteiger partial charge in [-0.15, -0.1) is 0 Å². The molecular formula is C45H57FO4. The van der Waals surface area contributed by atoms with Crippen LogP contribution in [0, 0.1) is 62.5 Å². The summed E-state index contributed by atoms with van der Waals surface area (Å²) < 4.78 is 26.7. The van der Waals surface area contributed by atoms with Gasteiger partial charge in [-0.25, -0.2) is 14.0 Å². The maximum Gasteiger partial charge on any atom is 0.338 e. The summed E-state index contributed by atoms with van der Waals surface area (Å²) in [5.41, 5.74) is 4.06. The second-order valence-corrected chi connectivity index (χ2v) is 18.2. The Balaban J connectivity index is 1.19. The fourth-order valence-electron chi connectivity index (χ4n) is 13.4. The van der Waals surface area contributed by atoms with Gasteiger partial charge in [0.1, 0.15) is 5.82 Å². The van der Waals surface area contributed by atoms with Crippen LogP contribution in [0.4, 0.5) is 4.39 Å². The fraction of sp³-hybridized carbons (Fsp3) is 0.600. The number of rotatable bonds is 6. The van der Waals surface area contributed by atoms with Crippen LogP contribution in [-0.2, 0) is 9.47 Å². The molecule has 0 aliphatic heterocycles. The van der Waals surface area contributed by atoms with Gasteiger partial charge in [-0.05, 0) is 146 Å². The van der Waals surface area contributed by atoms with Crippen LogP contribution < -0.4 is 0 Å². The van der Waals surface area contributed by atoms with E-state index in [9.17, 15) is 9.59 Å². The number of ether oxygens (including phenoxy) is 2. The molecular weight excluding hydrogens is 623 g/mol. The number of esters is 2. The monoisotopic (exact) mass is 680 g/mol. The first kappa shape index (κ1) is 35.2. The number of halogens is 1. The molecule has 5 aliphatic rings. The highest BCUT2D eigenvalue weighted by molar-refractivity contribution is 5.90. The Bertz CT molecular complexity index is 1730. The summed E-state index contributed by atoms with van der Waals surface area (Å²) in [6.07, 6.45) is 12.5. The number of allylic oxidation sites excluding steroid dienone is 3. The Morgan fingerprint density at radius 2 is 1.58 bits per heavy atom. The number of carbonyl (C=O) groups excluding carboxylic acids is 2. The van der Waals surface area contributed by atoms with Crippen LogP contribution in [0.2, 0.25) is 0 Å². The van der Waals surface area contributed by atoms with Crippen molar-refractivity contribution >= 4 is 17.5 Å². The van der Waals surface area contributed by atoms with Gasteiger partial charge in [0, 0.05) is 11.0 Å². The summed E-state index contributed by atoms with van der Waals surface area (Å²) in [6.45, 7) is 19.7. The van der Waals surface area contributed by atoms with Gasteiger partial charge in [0.2, 0.25) is 0 Å². The molecule has 0 bridgehead atoms. The Hall–Kier alpha value is -3.21. The lowest BCUT2D eigenvalue weighted by molar-refractivity contribution is -0.228. The van der Waals surface area contributed by atoms with E-state index >= 15 is 4.39 Å². The number of carbonyl (C=O) groups is 2. The molecule has 5 heteroatoms. The van der Waals surface area contributed by atoms with E-state index < -0.39 is 5.97 Å². The van der Waals surface area contributed by atoms with Crippen molar-refractivity contribution in [3.05, 3.63) is 89.3 Å². The Labute approximate surface area is 299 Å². The highest BCUT2D eigenvalue weighted by Gasteiger charge is 2.70. The van der Waals surface area contributed by atoms with Gasteiger partial charge >= 0.3 is 11.9 Å². The number of benzene rings is 2. The van der Waals surface area contributed by atoms with Crippen LogP contribution in [0.15, 0.2) is 66.8 Å². The van der Waals surface area contributed by atoms with E-state index in [1.54, 1.807) is 12.1 Å². The first-order chi connectivity index (χ1) is 23.6. The zero-order valence-electron chi connectivity index (χ0n) is 31.4. The molecule has 268 valence electrons. The van der Waals surface area contributed by atoms with Crippen molar-refractivity contribution in [2.45, 2.75) is 99.3 Å². The molecule has 7 rings (SSSR count). The molecule has 5 aliphatic carbocycles. The second-order valence-electron chi connectivity index (χ2n) is 18.2. The van der Waals surface area contributed by atoms with Crippen LogP contribution in [0.3, 0.4) is 0 Å². The van der Waals surface area contributed by atoms with E-state index in [0.717, 1.165) is 44.1 Å². The SMILES string of the molecule is C=C(C)C1CC[C@]2(COC(=O)c3ccccc3)CC[C@]3(C)[C@H](CCC4[C@@]5(C)CC=C(c6ccc(C(=O)OC)cc6F)C(C)(C)C5CC[C@]43C)C12. The number of methoxy groups -OCH3 is 1. The number of hydrogen-bond acceptors (Lipinski definition) is 4. The van der Waals surface area contributed by atoms with Gasteiger partial charge in [0.15, 0.2) is 0 Å². The van der Waals surface area contributed by atoms with E-state index in [2.05, 4.69) is 54.2 Å². The van der Waals surface area contributed by atoms with Gasteiger partial charge in [-0.3, -0.25) is 0 Å². The lowest BCUT2D eigenvalue weighted by Crippen LogP contribution is -2.65. The Kier molecular flexibility index (Phi) is 8.59. The minimum absolute atomic E-state index is 0.000487. The largest absolute Gasteiger partial charge is 0.465 e. The predicted octanol–water partition coefficient (Wildman–Crippen LogP) is 11.1. The molecule has 0 amide bonds. The highest BCUT2D eigenvalue weighted by atomic mass is 19.1. The zero-order valence-corrected chi connectivity index (χ0v) is 31.4. The van der Waals surface area contributed by atoms with Gasteiger partial charge in [-0.1, -0.05) is 77.1 Å². The van der Waals surface area contributed by atoms with E-state index in [1.165, 1.54) is 38.0 Å². The van der Waals surface area contributed by atoms with E-state index in [1.807, 2.05) is 30.3 Å². The third-order valence-corrected chi connectivity index (χ3v) is 16.0. The molecule has 2 aromatic carbocycles. The van der Waals surface area contributed by atoms with E-state index in [4.69, 9.17) is 9.47 Å². The summed E-state index contributed by atoms with van der Waals surface area (Å²) in [5.74, 6) is 1.39. The normalized spacial score (nSPS) is 38.4. The van der Waals surface area contributed by atoms with Gasteiger partial charge < -0.3 is 9.47 Å². The molecule has 0 spiro atoms. The lowest BCUT2D eigenvalue weighted by Gasteiger charge is -2.72. The molecule has 0 radical (unpaired) electrons. The fourth-order valence-corrected chi connectivity index (χ4v) is 13.4. The van der Waals surface area contributed by atoms with Gasteiger partial charge in [0.05, 0.1) is 24.8 Å². The average Bonchev–Trinajstić information content (AvgIpc) is 3.48. The van der Waals surface area contributed by atoms with E-state index in [-0.39, 0.29) is 44.4 Å². The second kappa shape index (κ2) is 12.2.